The molecular formula is C22H27ClN2O. The highest BCUT2D eigenvalue weighted by Gasteiger charge is 2.38. The van der Waals surface area contributed by atoms with Gasteiger partial charge in [-0.05, 0) is 48.9 Å². The highest BCUT2D eigenvalue weighted by Crippen LogP contribution is 2.41. The minimum Gasteiger partial charge on any atom is -0.336 e. The standard InChI is InChI=1S/C22H27ClN2O/c1-17(26)25(15-18-6-3-2-4-7-18)21-10-12-22(16-24,13-11-21)19-8-5-9-20(23)14-19/h2-9,14,21H,10-13,15-16,24H2,1H3/t21-,22+. The van der Waals surface area contributed by atoms with Gasteiger partial charge in [0.2, 0.25) is 5.91 Å². The molecular weight excluding hydrogens is 344 g/mol. The van der Waals surface area contributed by atoms with Crippen LogP contribution in [0.1, 0.15) is 43.7 Å². The summed E-state index contributed by atoms with van der Waals surface area (Å²) in [5, 5.41) is 0.756. The van der Waals surface area contributed by atoms with Crippen LogP contribution in [0.3, 0.4) is 0 Å². The number of amides is 1. The number of rotatable bonds is 5. The molecule has 0 radical (unpaired) electrons. The quantitative estimate of drug-likeness (QED) is 0.840. The number of carbonyl (C=O) groups is 1. The number of hydrogen-bond donors (Lipinski definition) is 1. The first-order valence-corrected chi connectivity index (χ1v) is 9.69. The topological polar surface area (TPSA) is 46.3 Å². The zero-order valence-electron chi connectivity index (χ0n) is 15.3. The summed E-state index contributed by atoms with van der Waals surface area (Å²) < 4.78 is 0. The molecule has 4 heteroatoms. The molecule has 1 aliphatic rings. The molecule has 2 aromatic rings. The largest absolute Gasteiger partial charge is 0.336 e. The first-order chi connectivity index (χ1) is 12.5. The molecule has 0 aromatic heterocycles. The Kier molecular flexibility index (Phi) is 6.00. The van der Waals surface area contributed by atoms with Gasteiger partial charge in [0.1, 0.15) is 0 Å². The summed E-state index contributed by atoms with van der Waals surface area (Å²) in [4.78, 5) is 14.3. The Bertz CT molecular complexity index is 739. The van der Waals surface area contributed by atoms with E-state index in [4.69, 9.17) is 17.3 Å². The number of halogens is 1. The third-order valence-electron chi connectivity index (χ3n) is 5.78. The summed E-state index contributed by atoms with van der Waals surface area (Å²) in [6.45, 7) is 2.96. The van der Waals surface area contributed by atoms with Gasteiger partial charge in [0.15, 0.2) is 0 Å². The van der Waals surface area contributed by atoms with Gasteiger partial charge >= 0.3 is 0 Å². The second-order valence-electron chi connectivity index (χ2n) is 7.36. The van der Waals surface area contributed by atoms with Gasteiger partial charge in [0.25, 0.3) is 0 Å². The SMILES string of the molecule is CC(=O)N(Cc1ccccc1)[C@H]1CC[C@@](CN)(c2cccc(Cl)c2)CC1. The van der Waals surface area contributed by atoms with Crippen LogP contribution in [0.5, 0.6) is 0 Å². The zero-order chi connectivity index (χ0) is 18.6. The number of nitrogens with two attached hydrogens (primary N) is 1. The molecule has 0 bridgehead atoms. The molecule has 26 heavy (non-hydrogen) atoms. The number of hydrogen-bond acceptors (Lipinski definition) is 2. The summed E-state index contributed by atoms with van der Waals surface area (Å²) in [5.41, 5.74) is 8.57. The predicted molar refractivity (Wildman–Crippen MR) is 107 cm³/mol. The number of carbonyl (C=O) groups excluding carboxylic acids is 1. The second-order valence-corrected chi connectivity index (χ2v) is 7.79. The van der Waals surface area contributed by atoms with Gasteiger partial charge in [-0.25, -0.2) is 0 Å². The van der Waals surface area contributed by atoms with E-state index in [2.05, 4.69) is 18.2 Å². The van der Waals surface area contributed by atoms with Crippen molar-refractivity contribution in [3.63, 3.8) is 0 Å². The summed E-state index contributed by atoms with van der Waals surface area (Å²) in [5.74, 6) is 0.141. The zero-order valence-corrected chi connectivity index (χ0v) is 16.1. The molecule has 0 aliphatic heterocycles. The van der Waals surface area contributed by atoms with Gasteiger partial charge in [-0.15, -0.1) is 0 Å². The maximum atomic E-state index is 12.3. The van der Waals surface area contributed by atoms with E-state index in [0.29, 0.717) is 13.1 Å². The molecule has 1 amide bonds. The van der Waals surface area contributed by atoms with Gasteiger partial charge in [0, 0.05) is 36.5 Å². The maximum absolute atomic E-state index is 12.3. The minimum atomic E-state index is -0.0311. The molecule has 0 heterocycles. The lowest BCUT2D eigenvalue weighted by Gasteiger charge is -2.43. The average Bonchev–Trinajstić information content (AvgIpc) is 2.67. The monoisotopic (exact) mass is 370 g/mol. The molecule has 1 aliphatic carbocycles. The van der Waals surface area contributed by atoms with Crippen LogP contribution in [0.25, 0.3) is 0 Å². The van der Waals surface area contributed by atoms with Crippen LogP contribution in [0.15, 0.2) is 54.6 Å². The Hall–Kier alpha value is -1.84. The number of nitrogens with zero attached hydrogens (tertiary/aromatic N) is 1. The molecule has 1 fully saturated rings. The summed E-state index contributed by atoms with van der Waals surface area (Å²) in [6, 6.07) is 18.5. The van der Waals surface area contributed by atoms with Gasteiger partial charge < -0.3 is 10.6 Å². The van der Waals surface area contributed by atoms with Crippen molar-refractivity contribution in [1.29, 1.82) is 0 Å². The molecule has 0 saturated heterocycles. The molecule has 2 N–H and O–H groups in total. The van der Waals surface area contributed by atoms with Crippen LogP contribution in [0, 0.1) is 0 Å². The fourth-order valence-electron chi connectivity index (χ4n) is 4.17. The fourth-order valence-corrected chi connectivity index (χ4v) is 4.36. The van der Waals surface area contributed by atoms with Crippen molar-refractivity contribution in [2.24, 2.45) is 5.73 Å². The smallest absolute Gasteiger partial charge is 0.219 e. The molecule has 2 aromatic carbocycles. The van der Waals surface area contributed by atoms with Gasteiger partial charge in [-0.3, -0.25) is 4.79 Å². The molecule has 0 spiro atoms. The lowest BCUT2D eigenvalue weighted by atomic mass is 9.68. The van der Waals surface area contributed by atoms with Crippen molar-refractivity contribution in [1.82, 2.24) is 4.90 Å². The maximum Gasteiger partial charge on any atom is 0.219 e. The second kappa shape index (κ2) is 8.24. The van der Waals surface area contributed by atoms with E-state index in [-0.39, 0.29) is 17.4 Å². The van der Waals surface area contributed by atoms with Crippen molar-refractivity contribution in [3.8, 4) is 0 Å². The Balaban J connectivity index is 1.73. The Morgan fingerprint density at radius 2 is 1.85 bits per heavy atom. The lowest BCUT2D eigenvalue weighted by Crippen LogP contribution is -2.46. The van der Waals surface area contributed by atoms with Crippen LogP contribution in [-0.2, 0) is 16.8 Å². The molecule has 0 unspecified atom stereocenters. The van der Waals surface area contributed by atoms with E-state index >= 15 is 0 Å². The molecule has 3 rings (SSSR count). The van der Waals surface area contributed by atoms with E-state index in [0.717, 1.165) is 30.7 Å². The summed E-state index contributed by atoms with van der Waals surface area (Å²) >= 11 is 6.20. The molecule has 0 atom stereocenters. The van der Waals surface area contributed by atoms with Crippen molar-refractivity contribution < 1.29 is 4.79 Å². The average molecular weight is 371 g/mol. The first kappa shape index (κ1) is 18.9. The van der Waals surface area contributed by atoms with Crippen LogP contribution in [-0.4, -0.2) is 23.4 Å². The van der Waals surface area contributed by atoms with E-state index < -0.39 is 0 Å². The summed E-state index contributed by atoms with van der Waals surface area (Å²) in [7, 11) is 0. The fraction of sp³-hybridized carbons (Fsp3) is 0.409. The normalized spacial score (nSPS) is 22.8. The lowest BCUT2D eigenvalue weighted by molar-refractivity contribution is -0.132. The van der Waals surface area contributed by atoms with Gasteiger partial charge in [0.05, 0.1) is 0 Å². The minimum absolute atomic E-state index is 0.0311. The van der Waals surface area contributed by atoms with Crippen molar-refractivity contribution >= 4 is 17.5 Å². The summed E-state index contributed by atoms with van der Waals surface area (Å²) in [6.07, 6.45) is 3.90. The van der Waals surface area contributed by atoms with E-state index in [9.17, 15) is 4.79 Å². The third-order valence-corrected chi connectivity index (χ3v) is 6.02. The van der Waals surface area contributed by atoms with E-state index in [1.165, 1.54) is 11.1 Å². The van der Waals surface area contributed by atoms with Crippen molar-refractivity contribution in [3.05, 3.63) is 70.7 Å². The Morgan fingerprint density at radius 3 is 2.42 bits per heavy atom. The van der Waals surface area contributed by atoms with Crippen molar-refractivity contribution in [2.75, 3.05) is 6.54 Å². The molecule has 3 nitrogen and oxygen atoms in total. The number of benzene rings is 2. The first-order valence-electron chi connectivity index (χ1n) is 9.31. The predicted octanol–water partition coefficient (Wildman–Crippen LogP) is 4.53. The van der Waals surface area contributed by atoms with Crippen molar-refractivity contribution in [2.45, 2.75) is 50.6 Å². The Labute approximate surface area is 161 Å². The van der Waals surface area contributed by atoms with Gasteiger partial charge in [-0.2, -0.15) is 0 Å². The van der Waals surface area contributed by atoms with Gasteiger partial charge in [-0.1, -0.05) is 54.1 Å². The molecule has 1 saturated carbocycles. The van der Waals surface area contributed by atoms with Crippen LogP contribution >= 0.6 is 11.6 Å². The van der Waals surface area contributed by atoms with E-state index in [1.807, 2.05) is 41.3 Å². The highest BCUT2D eigenvalue weighted by molar-refractivity contribution is 6.30. The third kappa shape index (κ3) is 4.11. The van der Waals surface area contributed by atoms with E-state index in [1.54, 1.807) is 6.92 Å². The Morgan fingerprint density at radius 1 is 1.15 bits per heavy atom. The van der Waals surface area contributed by atoms with Crippen LogP contribution in [0.2, 0.25) is 5.02 Å². The highest BCUT2D eigenvalue weighted by atomic mass is 35.5. The van der Waals surface area contributed by atoms with Crippen LogP contribution < -0.4 is 5.73 Å². The molecule has 138 valence electrons. The van der Waals surface area contributed by atoms with Crippen LogP contribution in [0.4, 0.5) is 0 Å².